The average molecular weight is 349 g/mol. The summed E-state index contributed by atoms with van der Waals surface area (Å²) in [6.45, 7) is 1.14. The van der Waals surface area contributed by atoms with Crippen molar-refractivity contribution in [1.82, 2.24) is 5.32 Å². The summed E-state index contributed by atoms with van der Waals surface area (Å²) in [6, 6.07) is 9.18. The molecule has 0 saturated carbocycles. The topological polar surface area (TPSA) is 64.6 Å². The maximum absolute atomic E-state index is 13.5. The van der Waals surface area contributed by atoms with E-state index in [2.05, 4.69) is 5.32 Å². The van der Waals surface area contributed by atoms with Crippen LogP contribution in [0, 0.1) is 11.6 Å². The summed E-state index contributed by atoms with van der Waals surface area (Å²) in [6.07, 6.45) is 0. The van der Waals surface area contributed by atoms with Crippen LogP contribution in [0.2, 0.25) is 0 Å². The molecular weight excluding hydrogens is 332 g/mol. The number of carbonyl (C=O) groups excluding carboxylic acids is 2. The number of hydrogen-bond acceptors (Lipinski definition) is 4. The van der Waals surface area contributed by atoms with Gasteiger partial charge in [-0.3, -0.25) is 4.79 Å². The van der Waals surface area contributed by atoms with E-state index >= 15 is 0 Å². The quantitative estimate of drug-likeness (QED) is 0.815. The molecule has 0 bridgehead atoms. The Kier molecular flexibility index (Phi) is 6.05. The molecule has 7 heteroatoms. The second-order valence-corrected chi connectivity index (χ2v) is 5.27. The molecule has 2 aromatic rings. The SMILES string of the molecule is COc1cccc([C@H](C)NC(=O)COC(=O)c2cc(F)ccc2F)c1. The molecular formula is C18H17F2NO4. The summed E-state index contributed by atoms with van der Waals surface area (Å²) in [7, 11) is 1.54. The third-order valence-corrected chi connectivity index (χ3v) is 3.45. The van der Waals surface area contributed by atoms with Gasteiger partial charge in [-0.05, 0) is 42.8 Å². The van der Waals surface area contributed by atoms with Gasteiger partial charge in [0, 0.05) is 0 Å². The van der Waals surface area contributed by atoms with E-state index in [4.69, 9.17) is 9.47 Å². The van der Waals surface area contributed by atoms with Crippen molar-refractivity contribution < 1.29 is 27.8 Å². The largest absolute Gasteiger partial charge is 0.497 e. The molecule has 132 valence electrons. The summed E-state index contributed by atoms with van der Waals surface area (Å²) in [4.78, 5) is 23.6. The van der Waals surface area contributed by atoms with Crippen LogP contribution in [-0.4, -0.2) is 25.6 Å². The van der Waals surface area contributed by atoms with Crippen molar-refractivity contribution >= 4 is 11.9 Å². The Morgan fingerprint density at radius 1 is 1.16 bits per heavy atom. The number of nitrogens with one attached hydrogen (secondary N) is 1. The Bertz CT molecular complexity index is 779. The number of halogens is 2. The van der Waals surface area contributed by atoms with Gasteiger partial charge >= 0.3 is 5.97 Å². The van der Waals surface area contributed by atoms with Gasteiger partial charge in [-0.2, -0.15) is 0 Å². The van der Waals surface area contributed by atoms with Crippen LogP contribution in [0.4, 0.5) is 8.78 Å². The van der Waals surface area contributed by atoms with Crippen LogP contribution in [0.25, 0.3) is 0 Å². The molecule has 0 heterocycles. The van der Waals surface area contributed by atoms with E-state index < -0.39 is 35.7 Å². The van der Waals surface area contributed by atoms with Gasteiger partial charge in [-0.25, -0.2) is 13.6 Å². The molecule has 5 nitrogen and oxygen atoms in total. The van der Waals surface area contributed by atoms with Crippen molar-refractivity contribution in [2.75, 3.05) is 13.7 Å². The van der Waals surface area contributed by atoms with Crippen LogP contribution in [0.5, 0.6) is 5.75 Å². The molecule has 0 saturated heterocycles. The van der Waals surface area contributed by atoms with E-state index in [1.54, 1.807) is 25.1 Å². The van der Waals surface area contributed by atoms with Gasteiger partial charge in [0.05, 0.1) is 18.7 Å². The first-order valence-corrected chi connectivity index (χ1v) is 7.46. The Balaban J connectivity index is 1.91. The minimum Gasteiger partial charge on any atom is -0.497 e. The van der Waals surface area contributed by atoms with E-state index in [9.17, 15) is 18.4 Å². The molecule has 0 aromatic heterocycles. The van der Waals surface area contributed by atoms with E-state index in [0.29, 0.717) is 11.8 Å². The van der Waals surface area contributed by atoms with Gasteiger partial charge in [0.1, 0.15) is 17.4 Å². The van der Waals surface area contributed by atoms with E-state index in [0.717, 1.165) is 17.7 Å². The van der Waals surface area contributed by atoms with Gasteiger partial charge in [0.25, 0.3) is 5.91 Å². The van der Waals surface area contributed by atoms with Crippen molar-refractivity contribution in [2.24, 2.45) is 0 Å². The number of benzene rings is 2. The summed E-state index contributed by atoms with van der Waals surface area (Å²) in [5.41, 5.74) is 0.240. The Hall–Kier alpha value is -2.96. The van der Waals surface area contributed by atoms with Gasteiger partial charge < -0.3 is 14.8 Å². The molecule has 25 heavy (non-hydrogen) atoms. The number of esters is 1. The summed E-state index contributed by atoms with van der Waals surface area (Å²) >= 11 is 0. The predicted molar refractivity (Wildman–Crippen MR) is 86.2 cm³/mol. The lowest BCUT2D eigenvalue weighted by atomic mass is 10.1. The molecule has 1 amide bonds. The Morgan fingerprint density at radius 3 is 2.64 bits per heavy atom. The molecule has 0 aliphatic rings. The van der Waals surface area contributed by atoms with Crippen molar-refractivity contribution in [3.05, 3.63) is 65.2 Å². The van der Waals surface area contributed by atoms with Gasteiger partial charge in [-0.15, -0.1) is 0 Å². The molecule has 0 aliphatic carbocycles. The maximum atomic E-state index is 13.5. The van der Waals surface area contributed by atoms with Crippen molar-refractivity contribution in [1.29, 1.82) is 0 Å². The lowest BCUT2D eigenvalue weighted by Gasteiger charge is -2.15. The number of carbonyl (C=O) groups is 2. The number of amides is 1. The van der Waals surface area contributed by atoms with Crippen LogP contribution in [0.1, 0.15) is 28.9 Å². The van der Waals surface area contributed by atoms with Gasteiger partial charge in [-0.1, -0.05) is 12.1 Å². The summed E-state index contributed by atoms with van der Waals surface area (Å²) in [5, 5.41) is 2.64. The maximum Gasteiger partial charge on any atom is 0.341 e. The van der Waals surface area contributed by atoms with Crippen molar-refractivity contribution in [3.8, 4) is 5.75 Å². The number of hydrogen-bond donors (Lipinski definition) is 1. The molecule has 1 atom stereocenters. The zero-order valence-electron chi connectivity index (χ0n) is 13.7. The van der Waals surface area contributed by atoms with E-state index in [1.807, 2.05) is 6.07 Å². The Morgan fingerprint density at radius 2 is 1.92 bits per heavy atom. The van der Waals surface area contributed by atoms with Crippen LogP contribution in [0.3, 0.4) is 0 Å². The first kappa shape index (κ1) is 18.4. The Labute approximate surface area is 143 Å². The highest BCUT2D eigenvalue weighted by Gasteiger charge is 2.17. The van der Waals surface area contributed by atoms with Gasteiger partial charge in [0.15, 0.2) is 6.61 Å². The van der Waals surface area contributed by atoms with Gasteiger partial charge in [0.2, 0.25) is 0 Å². The zero-order valence-corrected chi connectivity index (χ0v) is 13.7. The van der Waals surface area contributed by atoms with Crippen LogP contribution < -0.4 is 10.1 Å². The minimum absolute atomic E-state index is 0.354. The first-order valence-electron chi connectivity index (χ1n) is 7.46. The smallest absolute Gasteiger partial charge is 0.341 e. The molecule has 0 radical (unpaired) electrons. The fourth-order valence-corrected chi connectivity index (χ4v) is 2.14. The van der Waals surface area contributed by atoms with Crippen molar-refractivity contribution in [3.63, 3.8) is 0 Å². The average Bonchev–Trinajstić information content (AvgIpc) is 2.61. The second kappa shape index (κ2) is 8.23. The lowest BCUT2D eigenvalue weighted by molar-refractivity contribution is -0.124. The highest BCUT2D eigenvalue weighted by molar-refractivity contribution is 5.91. The summed E-state index contributed by atoms with van der Waals surface area (Å²) in [5.74, 6) is -2.73. The third kappa shape index (κ3) is 5.00. The third-order valence-electron chi connectivity index (χ3n) is 3.45. The zero-order chi connectivity index (χ0) is 18.4. The fraction of sp³-hybridized carbons (Fsp3) is 0.222. The minimum atomic E-state index is -1.11. The second-order valence-electron chi connectivity index (χ2n) is 5.27. The van der Waals surface area contributed by atoms with Crippen LogP contribution in [0.15, 0.2) is 42.5 Å². The molecule has 2 rings (SSSR count). The normalized spacial score (nSPS) is 11.5. The fourth-order valence-electron chi connectivity index (χ4n) is 2.14. The number of methoxy groups -OCH3 is 1. The molecule has 2 aromatic carbocycles. The van der Waals surface area contributed by atoms with E-state index in [-0.39, 0.29) is 6.04 Å². The molecule has 0 fully saturated rings. The standard InChI is InChI=1S/C18H17F2NO4/c1-11(12-4-3-5-14(8-12)24-2)21-17(22)10-25-18(23)15-9-13(19)6-7-16(15)20/h3-9,11H,10H2,1-2H3,(H,21,22)/t11-/m0/s1. The molecule has 0 unspecified atom stereocenters. The molecule has 0 spiro atoms. The highest BCUT2D eigenvalue weighted by Crippen LogP contribution is 2.18. The molecule has 0 aliphatic heterocycles. The number of ether oxygens (including phenoxy) is 2. The highest BCUT2D eigenvalue weighted by atomic mass is 19.1. The summed E-state index contributed by atoms with van der Waals surface area (Å²) < 4.78 is 36.4. The monoisotopic (exact) mass is 349 g/mol. The van der Waals surface area contributed by atoms with Crippen molar-refractivity contribution in [2.45, 2.75) is 13.0 Å². The van der Waals surface area contributed by atoms with E-state index in [1.165, 1.54) is 7.11 Å². The predicted octanol–water partition coefficient (Wildman–Crippen LogP) is 3.01. The van der Waals surface area contributed by atoms with Crippen LogP contribution in [-0.2, 0) is 9.53 Å². The first-order chi connectivity index (χ1) is 11.9. The van der Waals surface area contributed by atoms with Crippen LogP contribution >= 0.6 is 0 Å². The molecule has 1 N–H and O–H groups in total. The number of rotatable bonds is 6. The lowest BCUT2D eigenvalue weighted by Crippen LogP contribution is -2.31.